The van der Waals surface area contributed by atoms with E-state index in [0.29, 0.717) is 5.92 Å². The average Bonchev–Trinajstić information content (AvgIpc) is 2.68. The highest BCUT2D eigenvalue weighted by Crippen LogP contribution is 2.36. The second-order valence-corrected chi connectivity index (χ2v) is 8.06. The molecule has 2 nitrogen and oxygen atoms in total. The minimum absolute atomic E-state index is 0.165. The summed E-state index contributed by atoms with van der Waals surface area (Å²) in [7, 11) is 0. The van der Waals surface area contributed by atoms with Crippen LogP contribution in [0.1, 0.15) is 83.6 Å². The Morgan fingerprint density at radius 2 is 1.73 bits per heavy atom. The molecule has 1 saturated carbocycles. The standard InChI is InChI=1S/C24H37NO/c1-3-5-6-7-17-26-24-15-11-21(12-16-24)18-23(19-25)22-13-9-20(8-4-2)10-14-22/h11-12,15-16,20,22-23H,3-10,13-14,17-18H2,1-2H3. The summed E-state index contributed by atoms with van der Waals surface area (Å²) < 4.78 is 5.82. The molecule has 0 amide bonds. The summed E-state index contributed by atoms with van der Waals surface area (Å²) in [5.74, 6) is 2.61. The Morgan fingerprint density at radius 3 is 2.35 bits per heavy atom. The predicted octanol–water partition coefficient (Wildman–Crippen LogP) is 6.93. The molecule has 0 radical (unpaired) electrons. The lowest BCUT2D eigenvalue weighted by molar-refractivity contribution is 0.223. The van der Waals surface area contributed by atoms with E-state index >= 15 is 0 Å². The van der Waals surface area contributed by atoms with E-state index in [4.69, 9.17) is 4.74 Å². The van der Waals surface area contributed by atoms with E-state index in [1.807, 2.05) is 0 Å². The monoisotopic (exact) mass is 355 g/mol. The Kier molecular flexibility index (Phi) is 9.61. The van der Waals surface area contributed by atoms with Crippen LogP contribution in [0.2, 0.25) is 0 Å². The number of nitriles is 1. The smallest absolute Gasteiger partial charge is 0.119 e. The van der Waals surface area contributed by atoms with Gasteiger partial charge in [0, 0.05) is 0 Å². The summed E-state index contributed by atoms with van der Waals surface area (Å²) in [6.45, 7) is 5.31. The van der Waals surface area contributed by atoms with Crippen LogP contribution in [0.4, 0.5) is 0 Å². The second kappa shape index (κ2) is 12.0. The van der Waals surface area contributed by atoms with Gasteiger partial charge >= 0.3 is 0 Å². The van der Waals surface area contributed by atoms with Crippen molar-refractivity contribution in [3.8, 4) is 11.8 Å². The van der Waals surface area contributed by atoms with E-state index in [0.717, 1.165) is 31.1 Å². The molecule has 26 heavy (non-hydrogen) atoms. The maximum Gasteiger partial charge on any atom is 0.119 e. The largest absolute Gasteiger partial charge is 0.494 e. The van der Waals surface area contributed by atoms with Gasteiger partial charge in [0.25, 0.3) is 0 Å². The molecular formula is C24H37NO. The van der Waals surface area contributed by atoms with E-state index in [-0.39, 0.29) is 5.92 Å². The number of unbranched alkanes of at least 4 members (excludes halogenated alkanes) is 3. The third-order valence-corrected chi connectivity index (χ3v) is 5.97. The topological polar surface area (TPSA) is 33.0 Å². The summed E-state index contributed by atoms with van der Waals surface area (Å²) in [5, 5.41) is 9.68. The van der Waals surface area contributed by atoms with Gasteiger partial charge in [-0.25, -0.2) is 0 Å². The molecule has 0 bridgehead atoms. The highest BCUT2D eigenvalue weighted by atomic mass is 16.5. The minimum Gasteiger partial charge on any atom is -0.494 e. The zero-order valence-electron chi connectivity index (χ0n) is 16.9. The van der Waals surface area contributed by atoms with E-state index < -0.39 is 0 Å². The lowest BCUT2D eigenvalue weighted by atomic mass is 9.73. The summed E-state index contributed by atoms with van der Waals surface area (Å²) >= 11 is 0. The SMILES string of the molecule is CCCCCCOc1ccc(CC(C#N)C2CCC(CCC)CC2)cc1. The third-order valence-electron chi connectivity index (χ3n) is 5.97. The van der Waals surface area contributed by atoms with E-state index in [1.165, 1.54) is 63.4 Å². The van der Waals surface area contributed by atoms with Crippen molar-refractivity contribution < 1.29 is 4.74 Å². The first-order valence-corrected chi connectivity index (χ1v) is 10.9. The van der Waals surface area contributed by atoms with E-state index in [2.05, 4.69) is 44.2 Å². The first kappa shape index (κ1) is 20.8. The van der Waals surface area contributed by atoms with Crippen LogP contribution in [-0.2, 0) is 6.42 Å². The van der Waals surface area contributed by atoms with Crippen LogP contribution in [0.25, 0.3) is 0 Å². The van der Waals surface area contributed by atoms with Gasteiger partial charge in [-0.15, -0.1) is 0 Å². The molecular weight excluding hydrogens is 318 g/mol. The molecule has 2 heteroatoms. The predicted molar refractivity (Wildman–Crippen MR) is 109 cm³/mol. The maximum absolute atomic E-state index is 9.68. The van der Waals surface area contributed by atoms with Crippen molar-refractivity contribution in [3.63, 3.8) is 0 Å². The molecule has 1 unspecified atom stereocenters. The van der Waals surface area contributed by atoms with Gasteiger partial charge in [-0.2, -0.15) is 5.26 Å². The van der Waals surface area contributed by atoms with Gasteiger partial charge in [-0.05, 0) is 55.2 Å². The molecule has 1 aromatic carbocycles. The van der Waals surface area contributed by atoms with Crippen molar-refractivity contribution in [2.24, 2.45) is 17.8 Å². The van der Waals surface area contributed by atoms with Gasteiger partial charge in [-0.3, -0.25) is 0 Å². The van der Waals surface area contributed by atoms with Crippen LogP contribution in [0.3, 0.4) is 0 Å². The molecule has 2 rings (SSSR count). The molecule has 0 heterocycles. The quantitative estimate of drug-likeness (QED) is 0.403. The summed E-state index contributed by atoms with van der Waals surface area (Å²) in [6.07, 6.45) is 13.6. The molecule has 0 spiro atoms. The lowest BCUT2D eigenvalue weighted by Crippen LogP contribution is -2.22. The van der Waals surface area contributed by atoms with Crippen molar-refractivity contribution >= 4 is 0 Å². The molecule has 1 aromatic rings. The second-order valence-electron chi connectivity index (χ2n) is 8.06. The molecule has 144 valence electrons. The van der Waals surface area contributed by atoms with Crippen LogP contribution < -0.4 is 4.74 Å². The van der Waals surface area contributed by atoms with Crippen molar-refractivity contribution in [1.29, 1.82) is 5.26 Å². The van der Waals surface area contributed by atoms with Crippen LogP contribution >= 0.6 is 0 Å². The van der Waals surface area contributed by atoms with Crippen LogP contribution in [0.15, 0.2) is 24.3 Å². The minimum atomic E-state index is 0.165. The van der Waals surface area contributed by atoms with Crippen molar-refractivity contribution in [2.75, 3.05) is 6.61 Å². The fraction of sp³-hybridized carbons (Fsp3) is 0.708. The van der Waals surface area contributed by atoms with Gasteiger partial charge in [0.1, 0.15) is 5.75 Å². The van der Waals surface area contributed by atoms with Gasteiger partial charge < -0.3 is 4.74 Å². The summed E-state index contributed by atoms with van der Waals surface area (Å²) in [6, 6.07) is 11.0. The van der Waals surface area contributed by atoms with Crippen molar-refractivity contribution in [3.05, 3.63) is 29.8 Å². The van der Waals surface area contributed by atoms with E-state index in [9.17, 15) is 5.26 Å². The normalized spacial score (nSPS) is 21.1. The Labute approximate surface area is 161 Å². The molecule has 1 aliphatic carbocycles. The number of ether oxygens (including phenoxy) is 1. The number of rotatable bonds is 11. The molecule has 1 aliphatic rings. The van der Waals surface area contributed by atoms with Gasteiger partial charge in [0.15, 0.2) is 0 Å². The maximum atomic E-state index is 9.68. The number of hydrogen-bond donors (Lipinski definition) is 0. The highest BCUT2D eigenvalue weighted by molar-refractivity contribution is 5.28. The number of benzene rings is 1. The van der Waals surface area contributed by atoms with Gasteiger partial charge in [-0.1, -0.05) is 70.9 Å². The Morgan fingerprint density at radius 1 is 1.00 bits per heavy atom. The first-order chi connectivity index (χ1) is 12.8. The molecule has 0 saturated heterocycles. The van der Waals surface area contributed by atoms with Crippen molar-refractivity contribution in [1.82, 2.24) is 0 Å². The average molecular weight is 356 g/mol. The molecule has 1 fully saturated rings. The summed E-state index contributed by atoms with van der Waals surface area (Å²) in [5.41, 5.74) is 1.27. The van der Waals surface area contributed by atoms with Gasteiger partial charge in [0.2, 0.25) is 0 Å². The van der Waals surface area contributed by atoms with Crippen LogP contribution in [-0.4, -0.2) is 6.61 Å². The molecule has 1 atom stereocenters. The third kappa shape index (κ3) is 7.02. The Hall–Kier alpha value is -1.49. The van der Waals surface area contributed by atoms with Crippen LogP contribution in [0.5, 0.6) is 5.75 Å². The molecule has 0 aromatic heterocycles. The van der Waals surface area contributed by atoms with Crippen LogP contribution in [0, 0.1) is 29.1 Å². The number of nitrogens with zero attached hydrogens (tertiary/aromatic N) is 1. The van der Waals surface area contributed by atoms with Crippen molar-refractivity contribution in [2.45, 2.75) is 84.5 Å². The summed E-state index contributed by atoms with van der Waals surface area (Å²) in [4.78, 5) is 0. The zero-order chi connectivity index (χ0) is 18.6. The Bertz CT molecular complexity index is 522. The molecule has 0 aliphatic heterocycles. The van der Waals surface area contributed by atoms with Gasteiger partial charge in [0.05, 0.1) is 18.6 Å². The van der Waals surface area contributed by atoms with E-state index in [1.54, 1.807) is 0 Å². The lowest BCUT2D eigenvalue weighted by Gasteiger charge is -2.31. The Balaban J connectivity index is 1.77. The first-order valence-electron chi connectivity index (χ1n) is 10.9. The molecule has 0 N–H and O–H groups in total. The number of hydrogen-bond acceptors (Lipinski definition) is 2. The fourth-order valence-corrected chi connectivity index (χ4v) is 4.30. The highest BCUT2D eigenvalue weighted by Gasteiger charge is 2.27. The fourth-order valence-electron chi connectivity index (χ4n) is 4.30. The zero-order valence-corrected chi connectivity index (χ0v) is 16.9.